The van der Waals surface area contributed by atoms with Gasteiger partial charge in [-0.25, -0.2) is 0 Å². The Bertz CT molecular complexity index is 49.0. The summed E-state index contributed by atoms with van der Waals surface area (Å²) < 4.78 is 0. The highest BCUT2D eigenvalue weighted by Crippen LogP contribution is 1.68. The molecule has 4 heteroatoms. The van der Waals surface area contributed by atoms with Crippen LogP contribution in [0.15, 0.2) is 0 Å². The zero-order chi connectivity index (χ0) is 8.57. The molecule has 0 fully saturated rings. The lowest BCUT2D eigenvalue weighted by molar-refractivity contribution is 0.110. The SMILES string of the molecule is CC(N)CO.CC(O)CO. The van der Waals surface area contributed by atoms with Crippen LogP contribution < -0.4 is 5.73 Å². The number of aliphatic hydroxyl groups excluding tert-OH is 3. The average molecular weight is 151 g/mol. The van der Waals surface area contributed by atoms with Gasteiger partial charge in [0.2, 0.25) is 0 Å². The summed E-state index contributed by atoms with van der Waals surface area (Å²) in [6.07, 6.45) is -0.560. The summed E-state index contributed by atoms with van der Waals surface area (Å²) in [5, 5.41) is 24.0. The van der Waals surface area contributed by atoms with Crippen LogP contribution in [-0.4, -0.2) is 40.7 Å². The van der Waals surface area contributed by atoms with Gasteiger partial charge in [0.05, 0.1) is 19.3 Å². The van der Waals surface area contributed by atoms with Crippen molar-refractivity contribution in [2.45, 2.75) is 26.0 Å². The maximum Gasteiger partial charge on any atom is 0.0742 e. The molecule has 0 saturated carbocycles. The molecule has 2 unspecified atom stereocenters. The first-order chi connectivity index (χ1) is 4.54. The summed E-state index contributed by atoms with van der Waals surface area (Å²) in [4.78, 5) is 0. The van der Waals surface area contributed by atoms with Gasteiger partial charge < -0.3 is 21.1 Å². The van der Waals surface area contributed by atoms with Crippen LogP contribution in [-0.2, 0) is 0 Å². The zero-order valence-corrected chi connectivity index (χ0v) is 6.49. The molecule has 2 atom stereocenters. The van der Waals surface area contributed by atoms with Crippen molar-refractivity contribution in [1.29, 1.82) is 0 Å². The van der Waals surface area contributed by atoms with Crippen LogP contribution in [0.2, 0.25) is 0 Å². The summed E-state index contributed by atoms with van der Waals surface area (Å²) in [5.41, 5.74) is 5.04. The van der Waals surface area contributed by atoms with Crippen LogP contribution in [0.3, 0.4) is 0 Å². The molecule has 0 saturated heterocycles. The molecule has 0 bridgehead atoms. The van der Waals surface area contributed by atoms with E-state index in [2.05, 4.69) is 0 Å². The monoisotopic (exact) mass is 151 g/mol. The quantitative estimate of drug-likeness (QED) is 0.394. The second kappa shape index (κ2) is 8.84. The standard InChI is InChI=1S/C3H9NO.C3H8O2/c1-3(4)2-5;1-3(5)2-4/h3,5H,2,4H2,1H3;3-5H,2H2,1H3. The summed E-state index contributed by atoms with van der Waals surface area (Å²) in [6, 6.07) is -0.0602. The van der Waals surface area contributed by atoms with Gasteiger partial charge in [-0.1, -0.05) is 0 Å². The lowest BCUT2D eigenvalue weighted by atomic mass is 10.4. The van der Waals surface area contributed by atoms with E-state index in [4.69, 9.17) is 21.1 Å². The van der Waals surface area contributed by atoms with Gasteiger partial charge in [0.25, 0.3) is 0 Å². The van der Waals surface area contributed by atoms with Crippen LogP contribution in [0.1, 0.15) is 13.8 Å². The largest absolute Gasteiger partial charge is 0.395 e. The normalized spacial score (nSPS) is 15.0. The Balaban J connectivity index is 0. The number of hydrogen-bond donors (Lipinski definition) is 4. The topological polar surface area (TPSA) is 86.7 Å². The van der Waals surface area contributed by atoms with Crippen LogP contribution in [0.25, 0.3) is 0 Å². The van der Waals surface area contributed by atoms with Crippen molar-refractivity contribution in [2.75, 3.05) is 13.2 Å². The van der Waals surface area contributed by atoms with Crippen molar-refractivity contribution in [3.63, 3.8) is 0 Å². The Morgan fingerprint density at radius 2 is 1.40 bits per heavy atom. The Morgan fingerprint density at radius 1 is 1.20 bits per heavy atom. The molecule has 0 aromatic heterocycles. The van der Waals surface area contributed by atoms with Crippen molar-refractivity contribution in [3.05, 3.63) is 0 Å². The average Bonchev–Trinajstić information content (AvgIpc) is 1.89. The smallest absolute Gasteiger partial charge is 0.0742 e. The van der Waals surface area contributed by atoms with Gasteiger partial charge in [-0.3, -0.25) is 0 Å². The van der Waals surface area contributed by atoms with E-state index in [0.717, 1.165) is 0 Å². The third-order valence-corrected chi connectivity index (χ3v) is 0.552. The first-order valence-electron chi connectivity index (χ1n) is 3.20. The van der Waals surface area contributed by atoms with Crippen molar-refractivity contribution in [1.82, 2.24) is 0 Å². The summed E-state index contributed by atoms with van der Waals surface area (Å²) in [7, 11) is 0. The minimum Gasteiger partial charge on any atom is -0.395 e. The van der Waals surface area contributed by atoms with Gasteiger partial charge in [-0.2, -0.15) is 0 Å². The maximum absolute atomic E-state index is 8.11. The minimum absolute atomic E-state index is 0.0602. The molecule has 64 valence electrons. The fourth-order valence-electron chi connectivity index (χ4n) is 0. The van der Waals surface area contributed by atoms with Gasteiger partial charge in [0.1, 0.15) is 0 Å². The number of aliphatic hydroxyl groups is 3. The van der Waals surface area contributed by atoms with E-state index in [1.807, 2.05) is 0 Å². The highest BCUT2D eigenvalue weighted by Gasteiger charge is 1.83. The lowest BCUT2D eigenvalue weighted by Gasteiger charge is -1.91. The van der Waals surface area contributed by atoms with Crippen LogP contribution in [0, 0.1) is 0 Å². The molecule has 4 nitrogen and oxygen atoms in total. The predicted octanol–water partition coefficient (Wildman–Crippen LogP) is -1.31. The Labute approximate surface area is 61.3 Å². The summed E-state index contributed by atoms with van der Waals surface area (Å²) in [5.74, 6) is 0. The van der Waals surface area contributed by atoms with Gasteiger partial charge in [-0.15, -0.1) is 0 Å². The Hall–Kier alpha value is -0.160. The molecular formula is C6H17NO3. The van der Waals surface area contributed by atoms with E-state index in [-0.39, 0.29) is 19.3 Å². The number of rotatable bonds is 2. The molecule has 0 radical (unpaired) electrons. The summed E-state index contributed by atoms with van der Waals surface area (Å²) >= 11 is 0. The first kappa shape index (κ1) is 12.5. The third kappa shape index (κ3) is 24.9. The fraction of sp³-hybridized carbons (Fsp3) is 1.00. The molecule has 0 rings (SSSR count). The molecule has 0 aliphatic heterocycles. The van der Waals surface area contributed by atoms with Crippen molar-refractivity contribution < 1.29 is 15.3 Å². The van der Waals surface area contributed by atoms with Gasteiger partial charge in [-0.05, 0) is 13.8 Å². The van der Waals surface area contributed by atoms with E-state index in [1.165, 1.54) is 6.92 Å². The third-order valence-electron chi connectivity index (χ3n) is 0.552. The van der Waals surface area contributed by atoms with Crippen LogP contribution in [0.4, 0.5) is 0 Å². The molecule has 0 aromatic rings. The molecule has 0 heterocycles. The highest BCUT2D eigenvalue weighted by atomic mass is 16.3. The molecule has 0 aliphatic carbocycles. The zero-order valence-electron chi connectivity index (χ0n) is 6.49. The number of nitrogens with two attached hydrogens (primary N) is 1. The first-order valence-corrected chi connectivity index (χ1v) is 3.20. The van der Waals surface area contributed by atoms with E-state index in [1.54, 1.807) is 6.92 Å². The Kier molecular flexibility index (Phi) is 11.1. The lowest BCUT2D eigenvalue weighted by Crippen LogP contribution is -2.18. The highest BCUT2D eigenvalue weighted by molar-refractivity contribution is 4.43. The van der Waals surface area contributed by atoms with Crippen LogP contribution in [0.5, 0.6) is 0 Å². The van der Waals surface area contributed by atoms with Crippen molar-refractivity contribution in [3.8, 4) is 0 Å². The summed E-state index contributed by atoms with van der Waals surface area (Å²) in [6.45, 7) is 3.22. The van der Waals surface area contributed by atoms with Crippen molar-refractivity contribution in [2.24, 2.45) is 5.73 Å². The van der Waals surface area contributed by atoms with E-state index in [9.17, 15) is 0 Å². The molecule has 10 heavy (non-hydrogen) atoms. The Morgan fingerprint density at radius 3 is 1.40 bits per heavy atom. The second-order valence-electron chi connectivity index (χ2n) is 2.19. The van der Waals surface area contributed by atoms with Crippen molar-refractivity contribution >= 4 is 0 Å². The fourth-order valence-corrected chi connectivity index (χ4v) is 0. The number of hydrogen-bond acceptors (Lipinski definition) is 4. The van der Waals surface area contributed by atoms with Gasteiger partial charge in [0, 0.05) is 6.04 Å². The van der Waals surface area contributed by atoms with Gasteiger partial charge >= 0.3 is 0 Å². The molecule has 0 amide bonds. The molecule has 5 N–H and O–H groups in total. The van der Waals surface area contributed by atoms with Crippen LogP contribution >= 0.6 is 0 Å². The molecule has 0 aliphatic rings. The van der Waals surface area contributed by atoms with E-state index in [0.29, 0.717) is 0 Å². The molecular weight excluding hydrogens is 134 g/mol. The minimum atomic E-state index is -0.560. The predicted molar refractivity (Wildman–Crippen MR) is 39.5 cm³/mol. The van der Waals surface area contributed by atoms with Gasteiger partial charge in [0.15, 0.2) is 0 Å². The van der Waals surface area contributed by atoms with E-state index < -0.39 is 6.10 Å². The second-order valence-corrected chi connectivity index (χ2v) is 2.19. The maximum atomic E-state index is 8.11. The van der Waals surface area contributed by atoms with E-state index >= 15 is 0 Å². The molecule has 0 aromatic carbocycles. The molecule has 0 spiro atoms.